The van der Waals surface area contributed by atoms with E-state index in [4.69, 9.17) is 9.47 Å². The molecule has 0 radical (unpaired) electrons. The topological polar surface area (TPSA) is 93.1 Å². The molecular weight excluding hydrogens is 312 g/mol. The Kier molecular flexibility index (Phi) is 9.04. The molecule has 24 heavy (non-hydrogen) atoms. The van der Waals surface area contributed by atoms with Crippen molar-refractivity contribution >= 4 is 11.9 Å². The summed E-state index contributed by atoms with van der Waals surface area (Å²) in [4.78, 5) is 24.0. The van der Waals surface area contributed by atoms with Gasteiger partial charge in [0.1, 0.15) is 18.3 Å². The Bertz CT molecular complexity index is 494. The first-order valence-corrected chi connectivity index (χ1v) is 8.22. The van der Waals surface area contributed by atoms with E-state index in [9.17, 15) is 19.8 Å². The molecule has 0 amide bonds. The van der Waals surface area contributed by atoms with Crippen molar-refractivity contribution in [2.45, 2.75) is 63.9 Å². The van der Waals surface area contributed by atoms with Crippen molar-refractivity contribution in [3.05, 3.63) is 36.5 Å². The van der Waals surface area contributed by atoms with Gasteiger partial charge < -0.3 is 19.7 Å². The number of hydrogen-bond donors (Lipinski definition) is 2. The predicted molar refractivity (Wildman–Crippen MR) is 89.0 cm³/mol. The van der Waals surface area contributed by atoms with Gasteiger partial charge in [-0.3, -0.25) is 0 Å². The van der Waals surface area contributed by atoms with Gasteiger partial charge in [0, 0.05) is 6.08 Å². The summed E-state index contributed by atoms with van der Waals surface area (Å²) in [5.41, 5.74) is 0. The van der Waals surface area contributed by atoms with E-state index >= 15 is 0 Å². The SMILES string of the molecule is C/C=C/C=C/C(=O)OC1CCC=CC(O)C(O)C(CCC)OC1=O. The van der Waals surface area contributed by atoms with Crippen molar-refractivity contribution in [3.63, 3.8) is 0 Å². The zero-order valence-corrected chi connectivity index (χ0v) is 14.1. The van der Waals surface area contributed by atoms with Crippen LogP contribution in [0.4, 0.5) is 0 Å². The van der Waals surface area contributed by atoms with E-state index in [0.717, 1.165) is 0 Å². The minimum atomic E-state index is -1.21. The lowest BCUT2D eigenvalue weighted by Crippen LogP contribution is -2.42. The smallest absolute Gasteiger partial charge is 0.347 e. The second-order valence-electron chi connectivity index (χ2n) is 5.56. The Labute approximate surface area is 142 Å². The molecule has 0 aliphatic carbocycles. The molecule has 4 unspecified atom stereocenters. The van der Waals surface area contributed by atoms with Gasteiger partial charge in [-0.15, -0.1) is 0 Å². The first kappa shape index (κ1) is 20.1. The van der Waals surface area contributed by atoms with Crippen molar-refractivity contribution < 1.29 is 29.3 Å². The number of hydrogen-bond acceptors (Lipinski definition) is 6. The van der Waals surface area contributed by atoms with Gasteiger partial charge in [-0.2, -0.15) is 0 Å². The van der Waals surface area contributed by atoms with Gasteiger partial charge in [-0.1, -0.05) is 43.7 Å². The second kappa shape index (κ2) is 10.8. The molecule has 0 spiro atoms. The van der Waals surface area contributed by atoms with E-state index in [0.29, 0.717) is 19.3 Å². The van der Waals surface area contributed by atoms with Gasteiger partial charge in [0.15, 0.2) is 6.10 Å². The van der Waals surface area contributed by atoms with Crippen molar-refractivity contribution in [1.82, 2.24) is 0 Å². The Morgan fingerprint density at radius 1 is 1.42 bits per heavy atom. The molecule has 4 atom stereocenters. The highest BCUT2D eigenvalue weighted by Crippen LogP contribution is 2.17. The first-order valence-electron chi connectivity index (χ1n) is 8.22. The minimum Gasteiger partial charge on any atom is -0.457 e. The number of rotatable bonds is 5. The molecule has 0 bridgehead atoms. The summed E-state index contributed by atoms with van der Waals surface area (Å²) in [6.45, 7) is 3.69. The summed E-state index contributed by atoms with van der Waals surface area (Å²) in [5, 5.41) is 20.0. The molecule has 6 nitrogen and oxygen atoms in total. The molecule has 0 aromatic rings. The van der Waals surface area contributed by atoms with Crippen LogP contribution in [0.3, 0.4) is 0 Å². The summed E-state index contributed by atoms with van der Waals surface area (Å²) in [7, 11) is 0. The molecule has 2 N–H and O–H groups in total. The van der Waals surface area contributed by atoms with E-state index in [2.05, 4.69) is 0 Å². The van der Waals surface area contributed by atoms with Crippen LogP contribution in [0.2, 0.25) is 0 Å². The molecule has 134 valence electrons. The third-order valence-electron chi connectivity index (χ3n) is 3.56. The molecule has 1 heterocycles. The lowest BCUT2D eigenvalue weighted by molar-refractivity contribution is -0.176. The third-order valence-corrected chi connectivity index (χ3v) is 3.56. The van der Waals surface area contributed by atoms with Crippen LogP contribution in [0.5, 0.6) is 0 Å². The van der Waals surface area contributed by atoms with Crippen molar-refractivity contribution in [3.8, 4) is 0 Å². The van der Waals surface area contributed by atoms with Gasteiger partial charge in [0.25, 0.3) is 0 Å². The first-order chi connectivity index (χ1) is 11.5. The number of carbonyl (C=O) groups excluding carboxylic acids is 2. The number of carbonyl (C=O) groups is 2. The fraction of sp³-hybridized carbons (Fsp3) is 0.556. The Balaban J connectivity index is 2.84. The van der Waals surface area contributed by atoms with Crippen molar-refractivity contribution in [2.75, 3.05) is 0 Å². The molecule has 0 fully saturated rings. The molecule has 0 saturated heterocycles. The second-order valence-corrected chi connectivity index (χ2v) is 5.56. The summed E-state index contributed by atoms with van der Waals surface area (Å²) < 4.78 is 10.4. The summed E-state index contributed by atoms with van der Waals surface area (Å²) in [6, 6.07) is 0. The number of ether oxygens (including phenoxy) is 2. The Morgan fingerprint density at radius 3 is 2.83 bits per heavy atom. The molecule has 6 heteroatoms. The van der Waals surface area contributed by atoms with Crippen LogP contribution >= 0.6 is 0 Å². The number of allylic oxidation sites excluding steroid dienone is 4. The minimum absolute atomic E-state index is 0.250. The lowest BCUT2D eigenvalue weighted by Gasteiger charge is -2.27. The van der Waals surface area contributed by atoms with Crippen LogP contribution in [-0.2, 0) is 19.1 Å². The van der Waals surface area contributed by atoms with E-state index in [1.807, 2.05) is 13.8 Å². The van der Waals surface area contributed by atoms with Crippen molar-refractivity contribution in [2.24, 2.45) is 0 Å². The largest absolute Gasteiger partial charge is 0.457 e. The van der Waals surface area contributed by atoms with Crippen LogP contribution in [0.1, 0.15) is 39.5 Å². The van der Waals surface area contributed by atoms with Gasteiger partial charge in [0.05, 0.1) is 0 Å². The van der Waals surface area contributed by atoms with E-state index in [-0.39, 0.29) is 6.42 Å². The van der Waals surface area contributed by atoms with Crippen LogP contribution in [0, 0.1) is 0 Å². The van der Waals surface area contributed by atoms with Gasteiger partial charge in [-0.25, -0.2) is 9.59 Å². The monoisotopic (exact) mass is 338 g/mol. The molecule has 0 aromatic carbocycles. The maximum Gasteiger partial charge on any atom is 0.347 e. The van der Waals surface area contributed by atoms with Gasteiger partial charge in [0.2, 0.25) is 0 Å². The van der Waals surface area contributed by atoms with Crippen LogP contribution in [0.25, 0.3) is 0 Å². The number of aliphatic hydroxyl groups is 2. The molecule has 1 aliphatic rings. The van der Waals surface area contributed by atoms with E-state index in [1.165, 1.54) is 18.2 Å². The van der Waals surface area contributed by atoms with Crippen LogP contribution < -0.4 is 0 Å². The molecule has 0 saturated carbocycles. The van der Waals surface area contributed by atoms with Gasteiger partial charge in [-0.05, 0) is 26.2 Å². The summed E-state index contributed by atoms with van der Waals surface area (Å²) in [6.07, 6.45) is 6.83. The molecule has 1 aliphatic heterocycles. The third kappa shape index (κ3) is 6.68. The lowest BCUT2D eigenvalue weighted by atomic mass is 10.0. The normalized spacial score (nSPS) is 28.9. The van der Waals surface area contributed by atoms with Crippen LogP contribution in [0.15, 0.2) is 36.5 Å². The number of esters is 2. The fourth-order valence-corrected chi connectivity index (χ4v) is 2.28. The molecular formula is C18H26O6. The quantitative estimate of drug-likeness (QED) is 0.344. The zero-order valence-electron chi connectivity index (χ0n) is 14.1. The zero-order chi connectivity index (χ0) is 17.9. The Morgan fingerprint density at radius 2 is 2.17 bits per heavy atom. The van der Waals surface area contributed by atoms with Crippen molar-refractivity contribution in [1.29, 1.82) is 0 Å². The highest BCUT2D eigenvalue weighted by Gasteiger charge is 2.32. The van der Waals surface area contributed by atoms with Crippen LogP contribution in [-0.4, -0.2) is 46.6 Å². The summed E-state index contributed by atoms with van der Waals surface area (Å²) in [5.74, 6) is -1.34. The van der Waals surface area contributed by atoms with E-state index < -0.39 is 36.4 Å². The van der Waals surface area contributed by atoms with Gasteiger partial charge >= 0.3 is 11.9 Å². The number of aliphatic hydroxyl groups excluding tert-OH is 2. The van der Waals surface area contributed by atoms with E-state index in [1.54, 1.807) is 18.2 Å². The highest BCUT2D eigenvalue weighted by molar-refractivity contribution is 5.85. The molecule has 1 rings (SSSR count). The average molecular weight is 338 g/mol. The standard InChI is InChI=1S/C18H26O6/c1-3-5-6-12-16(20)23-15-11-8-7-10-13(19)17(21)14(9-4-2)24-18(15)22/h3,5-7,10,12-15,17,19,21H,4,8-9,11H2,1-2H3/b5-3+,10-7?,12-6+. The number of cyclic esters (lactones) is 1. The summed E-state index contributed by atoms with van der Waals surface area (Å²) >= 11 is 0. The fourth-order valence-electron chi connectivity index (χ4n) is 2.28. The molecule has 0 aromatic heterocycles. The highest BCUT2D eigenvalue weighted by atomic mass is 16.6. The average Bonchev–Trinajstić information content (AvgIpc) is 2.55. The maximum absolute atomic E-state index is 12.3. The predicted octanol–water partition coefficient (Wildman–Crippen LogP) is 1.81. The maximum atomic E-state index is 12.3. The Hall–Kier alpha value is -1.92.